The number of fused-ring (bicyclic) bond motifs is 7. The van der Waals surface area contributed by atoms with E-state index in [0.717, 1.165) is 23.9 Å². The highest BCUT2D eigenvalue weighted by molar-refractivity contribution is 5.86. The minimum absolute atomic E-state index is 0.106. The van der Waals surface area contributed by atoms with Gasteiger partial charge in [-0.05, 0) is 76.2 Å². The molecule has 7 heteroatoms. The van der Waals surface area contributed by atoms with Crippen molar-refractivity contribution in [2.45, 2.75) is 102 Å². The maximum Gasteiger partial charge on any atom is 0.194 e. The van der Waals surface area contributed by atoms with Gasteiger partial charge in [-0.1, -0.05) is 38.6 Å². The van der Waals surface area contributed by atoms with Crippen LogP contribution in [0.4, 0.5) is 0 Å². The lowest BCUT2D eigenvalue weighted by atomic mass is 9.41. The van der Waals surface area contributed by atoms with E-state index in [2.05, 4.69) is 43.6 Å². The second-order valence-corrected chi connectivity index (χ2v) is 13.0. The second kappa shape index (κ2) is 10.2. The molecule has 0 radical (unpaired) electrons. The van der Waals surface area contributed by atoms with Crippen LogP contribution < -0.4 is 0 Å². The smallest absolute Gasteiger partial charge is 0.194 e. The van der Waals surface area contributed by atoms with Crippen molar-refractivity contribution in [3.8, 4) is 0 Å². The lowest BCUT2D eigenvalue weighted by molar-refractivity contribution is -0.312. The molecule has 3 aliphatic rings. The minimum Gasteiger partial charge on any atom is -0.392 e. The van der Waals surface area contributed by atoms with Crippen molar-refractivity contribution >= 4 is 17.2 Å². The van der Waals surface area contributed by atoms with Crippen LogP contribution in [0.2, 0.25) is 0 Å². The zero-order valence-electron chi connectivity index (χ0n) is 24.8. The molecule has 1 heterocycles. The molecule has 1 aromatic carbocycles. The number of hydrogen-bond donors (Lipinski definition) is 3. The van der Waals surface area contributed by atoms with Gasteiger partial charge in [0.15, 0.2) is 5.79 Å². The molecule has 5 rings (SSSR count). The van der Waals surface area contributed by atoms with Crippen molar-refractivity contribution in [2.24, 2.45) is 11.3 Å². The zero-order valence-corrected chi connectivity index (χ0v) is 24.8. The van der Waals surface area contributed by atoms with Gasteiger partial charge >= 0.3 is 0 Å². The van der Waals surface area contributed by atoms with Gasteiger partial charge in [0.1, 0.15) is 11.9 Å². The van der Waals surface area contributed by atoms with Crippen LogP contribution in [-0.2, 0) is 30.8 Å². The number of carbonyl (C=O) groups is 1. The topological polar surface area (TPSA) is 101 Å². The molecule has 5 atom stereocenters. The summed E-state index contributed by atoms with van der Waals surface area (Å²) >= 11 is 0. The number of allylic oxidation sites excluding steroid dienone is 1. The van der Waals surface area contributed by atoms with Gasteiger partial charge in [0.2, 0.25) is 0 Å². The fourth-order valence-electron chi connectivity index (χ4n) is 8.30. The summed E-state index contributed by atoms with van der Waals surface area (Å²) in [7, 11) is 0. The van der Waals surface area contributed by atoms with Crippen LogP contribution in [0.5, 0.6) is 0 Å². The highest BCUT2D eigenvalue weighted by atomic mass is 16.7. The number of rotatable bonds is 9. The van der Waals surface area contributed by atoms with Crippen molar-refractivity contribution in [1.82, 2.24) is 4.98 Å². The predicted molar refractivity (Wildman–Crippen MR) is 155 cm³/mol. The van der Waals surface area contributed by atoms with Crippen LogP contribution in [0.25, 0.3) is 10.9 Å². The highest BCUT2D eigenvalue weighted by Gasteiger charge is 2.75. The third-order valence-electron chi connectivity index (χ3n) is 10.1. The van der Waals surface area contributed by atoms with E-state index >= 15 is 0 Å². The van der Waals surface area contributed by atoms with Gasteiger partial charge in [0.25, 0.3) is 0 Å². The Balaban J connectivity index is 1.74. The maximum absolute atomic E-state index is 13.3. The van der Waals surface area contributed by atoms with Crippen molar-refractivity contribution < 1.29 is 29.2 Å². The van der Waals surface area contributed by atoms with Crippen LogP contribution >= 0.6 is 0 Å². The number of para-hydroxylation sites is 1. The van der Waals surface area contributed by atoms with E-state index < -0.39 is 28.3 Å². The highest BCUT2D eigenvalue weighted by Crippen LogP contribution is 2.70. The van der Waals surface area contributed by atoms with Crippen LogP contribution in [-0.4, -0.2) is 64.4 Å². The Hall–Kier alpha value is -2.29. The molecule has 1 unspecified atom stereocenters. The van der Waals surface area contributed by atoms with E-state index in [0.29, 0.717) is 30.4 Å². The average molecular weight is 552 g/mol. The standard InChI is InChI=1S/C33H45NO6/c1-20(2)39-32(40-21(3)4)14-13-30(6)31(7)23(16-25-24-10-8-9-11-26(24)34-29(25)31)17-28(38-19-22(5)18-36)33(30,37)27(32)12-15-35/h8-12,15,20-21,23,28,34,36-37H,5,13-14,16-19H2,1-4,6-7H3/b27-12+/t23-,28+,30?,31-,33+/m1/s1. The molecule has 3 N–H and O–H groups in total. The molecule has 0 aliphatic heterocycles. The molecule has 2 fully saturated rings. The van der Waals surface area contributed by atoms with Crippen molar-refractivity contribution in [3.63, 3.8) is 0 Å². The molecular weight excluding hydrogens is 506 g/mol. The summed E-state index contributed by atoms with van der Waals surface area (Å²) in [5.41, 5.74) is 1.67. The number of aliphatic hydroxyl groups is 2. The number of ether oxygens (including phenoxy) is 3. The van der Waals surface area contributed by atoms with Gasteiger partial charge in [0.05, 0.1) is 31.5 Å². The largest absolute Gasteiger partial charge is 0.392 e. The Bertz CT molecular complexity index is 1320. The molecule has 0 saturated heterocycles. The summed E-state index contributed by atoms with van der Waals surface area (Å²) in [6.45, 7) is 16.0. The number of H-pyrrole nitrogens is 1. The fourth-order valence-corrected chi connectivity index (χ4v) is 8.30. The summed E-state index contributed by atoms with van der Waals surface area (Å²) in [6.07, 6.45) is 3.57. The van der Waals surface area contributed by atoms with E-state index in [1.165, 1.54) is 17.0 Å². The number of carbonyl (C=O) groups excluding carboxylic acids is 1. The Morgan fingerprint density at radius 2 is 1.82 bits per heavy atom. The van der Waals surface area contributed by atoms with Crippen molar-refractivity contribution in [3.05, 3.63) is 59.3 Å². The number of hydrogen-bond acceptors (Lipinski definition) is 6. The number of aliphatic hydroxyl groups excluding tert-OH is 1. The van der Waals surface area contributed by atoms with Gasteiger partial charge in [0, 0.05) is 39.4 Å². The first-order chi connectivity index (χ1) is 18.9. The summed E-state index contributed by atoms with van der Waals surface area (Å²) in [4.78, 5) is 16.1. The van der Waals surface area contributed by atoms with E-state index in [1.807, 2.05) is 33.8 Å². The summed E-state index contributed by atoms with van der Waals surface area (Å²) in [5, 5.41) is 24.2. The van der Waals surface area contributed by atoms with Crippen LogP contribution in [0.1, 0.15) is 72.1 Å². The van der Waals surface area contributed by atoms with Gasteiger partial charge < -0.3 is 29.4 Å². The van der Waals surface area contributed by atoms with Gasteiger partial charge in [-0.25, -0.2) is 0 Å². The van der Waals surface area contributed by atoms with Crippen LogP contribution in [0.3, 0.4) is 0 Å². The van der Waals surface area contributed by atoms with E-state index in [-0.39, 0.29) is 31.3 Å². The molecule has 1 aromatic heterocycles. The van der Waals surface area contributed by atoms with Crippen molar-refractivity contribution in [2.75, 3.05) is 13.2 Å². The number of nitrogens with one attached hydrogen (secondary N) is 1. The third-order valence-corrected chi connectivity index (χ3v) is 10.1. The number of aromatic nitrogens is 1. The van der Waals surface area contributed by atoms with E-state index in [1.54, 1.807) is 0 Å². The molecule has 3 aliphatic carbocycles. The third kappa shape index (κ3) is 4.00. The molecule has 2 aromatic rings. The Labute approximate surface area is 237 Å². The maximum atomic E-state index is 13.3. The number of benzene rings is 1. The molecule has 0 spiro atoms. The summed E-state index contributed by atoms with van der Waals surface area (Å²) in [6, 6.07) is 8.37. The first-order valence-electron chi connectivity index (χ1n) is 14.6. The Morgan fingerprint density at radius 1 is 1.15 bits per heavy atom. The first-order valence-corrected chi connectivity index (χ1v) is 14.6. The molecule has 40 heavy (non-hydrogen) atoms. The van der Waals surface area contributed by atoms with E-state index in [4.69, 9.17) is 14.2 Å². The number of aromatic amines is 1. The van der Waals surface area contributed by atoms with Gasteiger partial charge in [-0.2, -0.15) is 0 Å². The van der Waals surface area contributed by atoms with Gasteiger partial charge in [-0.15, -0.1) is 0 Å². The lowest BCUT2D eigenvalue weighted by Crippen LogP contribution is -2.75. The molecule has 218 valence electrons. The molecule has 2 saturated carbocycles. The minimum atomic E-state index is -1.62. The molecule has 7 nitrogen and oxygen atoms in total. The van der Waals surface area contributed by atoms with E-state index in [9.17, 15) is 15.0 Å². The molecule has 0 bridgehead atoms. The predicted octanol–water partition coefficient (Wildman–Crippen LogP) is 5.14. The number of aldehydes is 1. The van der Waals surface area contributed by atoms with Crippen LogP contribution in [0.15, 0.2) is 48.1 Å². The average Bonchev–Trinajstić information content (AvgIpc) is 3.40. The fraction of sp³-hybridized carbons (Fsp3) is 0.606. The van der Waals surface area contributed by atoms with Gasteiger partial charge in [-0.3, -0.25) is 4.79 Å². The summed E-state index contributed by atoms with van der Waals surface area (Å²) in [5.74, 6) is -1.10. The summed E-state index contributed by atoms with van der Waals surface area (Å²) < 4.78 is 19.6. The molecular formula is C33H45NO6. The Morgan fingerprint density at radius 3 is 2.45 bits per heavy atom. The first kappa shape index (κ1) is 29.2. The lowest BCUT2D eigenvalue weighted by Gasteiger charge is -2.67. The monoisotopic (exact) mass is 551 g/mol. The Kier molecular flexibility index (Phi) is 7.46. The van der Waals surface area contributed by atoms with Crippen LogP contribution in [0, 0.1) is 11.3 Å². The SMILES string of the molecule is C=C(CO)CO[C@H]1C[C@H]2Cc3c([nH]c4ccccc34)[C@]2(C)C2(C)CCC(OC(C)C)(OC(C)C)/C(=C\C=O)[C@]12O. The quantitative estimate of drug-likeness (QED) is 0.173. The normalized spacial score (nSPS) is 33.8. The molecule has 0 amide bonds. The van der Waals surface area contributed by atoms with Crippen molar-refractivity contribution in [1.29, 1.82) is 0 Å². The second-order valence-electron chi connectivity index (χ2n) is 13.0. The zero-order chi connectivity index (χ0) is 29.1.